The fraction of sp³-hybridized carbons (Fsp3) is 0.278. The third-order valence-corrected chi connectivity index (χ3v) is 4.34. The van der Waals surface area contributed by atoms with Crippen molar-refractivity contribution in [3.63, 3.8) is 0 Å². The molecule has 3 aromatic rings. The van der Waals surface area contributed by atoms with Crippen LogP contribution in [0.3, 0.4) is 0 Å². The van der Waals surface area contributed by atoms with Gasteiger partial charge in [-0.3, -0.25) is 4.98 Å². The second kappa shape index (κ2) is 6.35. The molecule has 0 saturated carbocycles. The maximum absolute atomic E-state index is 4.33. The SMILES string of the molecule is [H-].[Na+].c1ccc2c(c1)cc(N1CCCCC1)c1ccncc12. The minimum Gasteiger partial charge on any atom is -1.00 e. The maximum Gasteiger partial charge on any atom is 1.00 e. The minimum absolute atomic E-state index is 0. The van der Waals surface area contributed by atoms with Gasteiger partial charge in [0.2, 0.25) is 0 Å². The molecule has 0 amide bonds. The number of hydrogen-bond donors (Lipinski definition) is 0. The molecule has 0 unspecified atom stereocenters. The average Bonchev–Trinajstić information content (AvgIpc) is 2.55. The Morgan fingerprint density at radius 2 is 1.71 bits per heavy atom. The van der Waals surface area contributed by atoms with Crippen LogP contribution in [0, 0.1) is 0 Å². The zero-order valence-corrected chi connectivity index (χ0v) is 14.5. The van der Waals surface area contributed by atoms with Crippen LogP contribution >= 0.6 is 0 Å². The third kappa shape index (κ3) is 2.68. The first-order valence-electron chi connectivity index (χ1n) is 7.44. The molecule has 21 heavy (non-hydrogen) atoms. The molecule has 0 N–H and O–H groups in total. The van der Waals surface area contributed by atoms with Crippen molar-refractivity contribution in [1.82, 2.24) is 4.98 Å². The van der Waals surface area contributed by atoms with E-state index in [2.05, 4.69) is 46.3 Å². The van der Waals surface area contributed by atoms with Crippen molar-refractivity contribution in [2.24, 2.45) is 0 Å². The zero-order valence-electron chi connectivity index (χ0n) is 13.5. The molecule has 0 radical (unpaired) electrons. The van der Waals surface area contributed by atoms with Crippen molar-refractivity contribution in [2.45, 2.75) is 19.3 Å². The number of pyridine rings is 1. The van der Waals surface area contributed by atoms with Crippen LogP contribution in [0.25, 0.3) is 21.5 Å². The molecule has 0 bridgehead atoms. The van der Waals surface area contributed by atoms with Gasteiger partial charge < -0.3 is 6.33 Å². The summed E-state index contributed by atoms with van der Waals surface area (Å²) in [5.74, 6) is 0. The maximum atomic E-state index is 4.33. The molecular formula is C18H19N2Na. The van der Waals surface area contributed by atoms with Gasteiger partial charge >= 0.3 is 29.6 Å². The van der Waals surface area contributed by atoms with Gasteiger partial charge in [0.1, 0.15) is 0 Å². The molecule has 2 nitrogen and oxygen atoms in total. The van der Waals surface area contributed by atoms with Gasteiger partial charge in [-0.1, -0.05) is 24.3 Å². The monoisotopic (exact) mass is 286 g/mol. The van der Waals surface area contributed by atoms with E-state index in [-0.39, 0.29) is 31.0 Å². The summed E-state index contributed by atoms with van der Waals surface area (Å²) in [5.41, 5.74) is 1.38. The molecule has 1 fully saturated rings. The molecule has 2 heterocycles. The second-order valence-corrected chi connectivity index (χ2v) is 5.59. The smallest absolute Gasteiger partial charge is 1.00 e. The van der Waals surface area contributed by atoms with Crippen molar-refractivity contribution in [1.29, 1.82) is 0 Å². The van der Waals surface area contributed by atoms with E-state index in [0.29, 0.717) is 0 Å². The first-order chi connectivity index (χ1) is 9.93. The second-order valence-electron chi connectivity index (χ2n) is 5.59. The summed E-state index contributed by atoms with van der Waals surface area (Å²) in [7, 11) is 0. The fourth-order valence-corrected chi connectivity index (χ4v) is 3.32. The van der Waals surface area contributed by atoms with Crippen molar-refractivity contribution in [2.75, 3.05) is 18.0 Å². The fourth-order valence-electron chi connectivity index (χ4n) is 3.32. The van der Waals surface area contributed by atoms with E-state index in [4.69, 9.17) is 0 Å². The Labute approximate surface area is 148 Å². The molecule has 1 aliphatic rings. The molecule has 1 aromatic heterocycles. The summed E-state index contributed by atoms with van der Waals surface area (Å²) in [5, 5.41) is 5.22. The van der Waals surface area contributed by atoms with Crippen molar-refractivity contribution < 1.29 is 31.0 Å². The Kier molecular flexibility index (Phi) is 4.48. The molecular weight excluding hydrogens is 267 g/mol. The van der Waals surface area contributed by atoms with E-state index in [1.807, 2.05) is 12.4 Å². The molecule has 4 rings (SSSR count). The number of nitrogens with zero attached hydrogens (tertiary/aromatic N) is 2. The summed E-state index contributed by atoms with van der Waals surface area (Å²) < 4.78 is 0. The van der Waals surface area contributed by atoms with Gasteiger partial charge in [0.25, 0.3) is 0 Å². The van der Waals surface area contributed by atoms with Gasteiger partial charge in [0.15, 0.2) is 0 Å². The first-order valence-corrected chi connectivity index (χ1v) is 7.44. The molecule has 2 aromatic carbocycles. The predicted octanol–water partition coefficient (Wildman–Crippen LogP) is 1.49. The van der Waals surface area contributed by atoms with Gasteiger partial charge in [0, 0.05) is 41.9 Å². The Morgan fingerprint density at radius 3 is 2.57 bits per heavy atom. The van der Waals surface area contributed by atoms with Crippen LogP contribution in [-0.2, 0) is 0 Å². The van der Waals surface area contributed by atoms with Crippen LogP contribution in [0.2, 0.25) is 0 Å². The Bertz CT molecular complexity index is 769. The molecule has 0 atom stereocenters. The van der Waals surface area contributed by atoms with E-state index in [0.717, 1.165) is 0 Å². The van der Waals surface area contributed by atoms with Gasteiger partial charge in [-0.15, -0.1) is 0 Å². The van der Waals surface area contributed by atoms with E-state index in [1.165, 1.54) is 59.6 Å². The number of benzene rings is 2. The van der Waals surface area contributed by atoms with Gasteiger partial charge in [-0.05, 0) is 42.2 Å². The van der Waals surface area contributed by atoms with Gasteiger partial charge in [0.05, 0.1) is 0 Å². The van der Waals surface area contributed by atoms with Crippen LogP contribution in [-0.4, -0.2) is 18.1 Å². The molecule has 0 spiro atoms. The molecule has 3 heteroatoms. The normalized spacial score (nSPS) is 15.1. The summed E-state index contributed by atoms with van der Waals surface area (Å²) in [4.78, 5) is 6.87. The quantitative estimate of drug-likeness (QED) is 0.498. The van der Waals surface area contributed by atoms with E-state index in [9.17, 15) is 0 Å². The van der Waals surface area contributed by atoms with Crippen molar-refractivity contribution in [3.05, 3.63) is 48.8 Å². The topological polar surface area (TPSA) is 16.1 Å². The van der Waals surface area contributed by atoms with Crippen LogP contribution < -0.4 is 34.5 Å². The molecule has 0 aliphatic carbocycles. The predicted molar refractivity (Wildman–Crippen MR) is 86.4 cm³/mol. The third-order valence-electron chi connectivity index (χ3n) is 4.34. The van der Waals surface area contributed by atoms with Crippen molar-refractivity contribution >= 4 is 27.2 Å². The van der Waals surface area contributed by atoms with E-state index >= 15 is 0 Å². The van der Waals surface area contributed by atoms with Crippen LogP contribution in [0.5, 0.6) is 0 Å². The van der Waals surface area contributed by atoms with Gasteiger partial charge in [-0.25, -0.2) is 0 Å². The standard InChI is InChI=1S/C18H18N2.Na.H/c1-4-10-20(11-5-1)18-12-14-6-2-3-7-15(14)17-13-19-9-8-16(17)18;;/h2-3,6-9,12-13H,1,4-5,10-11H2;;/q;+1;-1. The largest absolute Gasteiger partial charge is 1.00 e. The Balaban J connectivity index is 0.000000882. The number of fused-ring (bicyclic) bond motifs is 3. The van der Waals surface area contributed by atoms with Gasteiger partial charge in [-0.2, -0.15) is 0 Å². The molecule has 1 aliphatic heterocycles. The summed E-state index contributed by atoms with van der Waals surface area (Å²) in [6.45, 7) is 2.35. The zero-order chi connectivity index (χ0) is 13.4. The number of piperidine rings is 1. The number of aromatic nitrogens is 1. The van der Waals surface area contributed by atoms with E-state index < -0.39 is 0 Å². The first kappa shape index (κ1) is 14.8. The van der Waals surface area contributed by atoms with Crippen LogP contribution in [0.1, 0.15) is 20.7 Å². The average molecular weight is 286 g/mol. The van der Waals surface area contributed by atoms with Crippen molar-refractivity contribution in [3.8, 4) is 0 Å². The number of hydrogen-bond acceptors (Lipinski definition) is 2. The molecule has 1 saturated heterocycles. The molecule has 102 valence electrons. The Morgan fingerprint density at radius 1 is 0.905 bits per heavy atom. The van der Waals surface area contributed by atoms with Crippen LogP contribution in [0.15, 0.2) is 48.8 Å². The minimum atomic E-state index is 0. The summed E-state index contributed by atoms with van der Waals surface area (Å²) >= 11 is 0. The summed E-state index contributed by atoms with van der Waals surface area (Å²) in [6.07, 6.45) is 7.89. The number of anilines is 1. The van der Waals surface area contributed by atoms with Crippen LogP contribution in [0.4, 0.5) is 5.69 Å². The Hall–Kier alpha value is -1.09. The van der Waals surface area contributed by atoms with E-state index in [1.54, 1.807) is 0 Å². The summed E-state index contributed by atoms with van der Waals surface area (Å²) in [6, 6.07) is 13.1. The number of rotatable bonds is 1.